The van der Waals surface area contributed by atoms with E-state index in [0.717, 1.165) is 30.5 Å². The second kappa shape index (κ2) is 11.3. The number of carbonyl (C=O) groups excluding carboxylic acids is 1. The van der Waals surface area contributed by atoms with Gasteiger partial charge >= 0.3 is 0 Å². The number of piperazine rings is 1. The normalized spacial score (nSPS) is 20.8. The summed E-state index contributed by atoms with van der Waals surface area (Å²) in [5.41, 5.74) is 2.18. The van der Waals surface area contributed by atoms with E-state index in [9.17, 15) is 14.0 Å². The number of aromatic nitrogens is 2. The van der Waals surface area contributed by atoms with Crippen molar-refractivity contribution in [1.29, 1.82) is 0 Å². The first-order valence-electron chi connectivity index (χ1n) is 13.7. The van der Waals surface area contributed by atoms with Crippen molar-refractivity contribution in [3.8, 4) is 0 Å². The summed E-state index contributed by atoms with van der Waals surface area (Å²) < 4.78 is 14.2. The van der Waals surface area contributed by atoms with Gasteiger partial charge < -0.3 is 14.8 Å². The molecule has 4 atom stereocenters. The van der Waals surface area contributed by atoms with Gasteiger partial charge in [0.05, 0.1) is 34.3 Å². The van der Waals surface area contributed by atoms with Gasteiger partial charge in [-0.2, -0.15) is 0 Å². The molecule has 1 amide bonds. The molecular weight excluding hydrogens is 547 g/mol. The van der Waals surface area contributed by atoms with Crippen LogP contribution in [0.25, 0.3) is 10.9 Å². The Balaban J connectivity index is 1.35. The molecule has 9 heteroatoms. The summed E-state index contributed by atoms with van der Waals surface area (Å²) in [5.74, 6) is -0.244. The van der Waals surface area contributed by atoms with Crippen molar-refractivity contribution in [3.05, 3.63) is 99.6 Å². The van der Waals surface area contributed by atoms with Gasteiger partial charge in [-0.15, -0.1) is 0 Å². The third kappa shape index (κ3) is 5.10. The number of rotatable bonds is 8. The minimum Gasteiger partial charge on any atom is -0.364 e. The van der Waals surface area contributed by atoms with Gasteiger partial charge in [0.1, 0.15) is 5.82 Å². The molecule has 206 valence electrons. The fourth-order valence-corrected chi connectivity index (χ4v) is 7.42. The van der Waals surface area contributed by atoms with E-state index in [1.54, 1.807) is 18.2 Å². The zero-order chi connectivity index (χ0) is 27.8. The zero-order valence-electron chi connectivity index (χ0n) is 22.1. The molecule has 3 heterocycles. The lowest BCUT2D eigenvalue weighted by Crippen LogP contribution is -2.53. The Labute approximate surface area is 241 Å². The third-order valence-electron chi connectivity index (χ3n) is 7.90. The highest BCUT2D eigenvalue weighted by Crippen LogP contribution is 2.48. The van der Waals surface area contributed by atoms with E-state index < -0.39 is 5.25 Å². The van der Waals surface area contributed by atoms with Crippen LogP contribution in [0.4, 0.5) is 10.1 Å². The number of H-pyrrole nitrogens is 1. The quantitative estimate of drug-likeness (QED) is 0.189. The average molecular weight is 577 g/mol. The number of likely N-dealkylation sites (tertiary alicyclic amines) is 1. The summed E-state index contributed by atoms with van der Waals surface area (Å²) in [6.45, 7) is 2.74. The van der Waals surface area contributed by atoms with Crippen LogP contribution in [0.1, 0.15) is 44.2 Å². The predicted octanol–water partition coefficient (Wildman–Crippen LogP) is 6.60. The van der Waals surface area contributed by atoms with Crippen molar-refractivity contribution in [2.75, 3.05) is 11.4 Å². The van der Waals surface area contributed by atoms with E-state index in [2.05, 4.69) is 21.8 Å². The number of para-hydroxylation sites is 1. The van der Waals surface area contributed by atoms with Gasteiger partial charge in [0.15, 0.2) is 5.16 Å². The second-order valence-electron chi connectivity index (χ2n) is 10.5. The molecule has 4 aromatic rings. The van der Waals surface area contributed by atoms with Crippen LogP contribution in [-0.2, 0) is 4.79 Å². The number of hydrogen-bond donors (Lipinski definition) is 1. The van der Waals surface area contributed by atoms with Crippen LogP contribution >= 0.6 is 23.4 Å². The number of amides is 1. The van der Waals surface area contributed by atoms with Gasteiger partial charge in [0.25, 0.3) is 5.56 Å². The van der Waals surface area contributed by atoms with E-state index in [0.29, 0.717) is 34.0 Å². The molecule has 2 bridgehead atoms. The Kier molecular flexibility index (Phi) is 7.55. The fraction of sp³-hybridized carbons (Fsp3) is 0.323. The molecule has 0 aliphatic carbocycles. The first-order valence-corrected chi connectivity index (χ1v) is 14.9. The highest BCUT2D eigenvalue weighted by molar-refractivity contribution is 8.00. The summed E-state index contributed by atoms with van der Waals surface area (Å²) >= 11 is 7.75. The first-order chi connectivity index (χ1) is 19.4. The molecule has 0 saturated carbocycles. The molecule has 2 fully saturated rings. The molecular formula is C31H30ClFN4O2S. The Morgan fingerprint density at radius 3 is 2.77 bits per heavy atom. The van der Waals surface area contributed by atoms with Crippen LogP contribution in [-0.4, -0.2) is 44.7 Å². The number of thioether (sulfide) groups is 1. The summed E-state index contributed by atoms with van der Waals surface area (Å²) in [6.07, 6.45) is 3.28. The smallest absolute Gasteiger partial charge is 0.259 e. The van der Waals surface area contributed by atoms with E-state index in [-0.39, 0.29) is 35.4 Å². The number of fused-ring (bicyclic) bond motifs is 3. The number of anilines is 1. The standard InChI is InChI=1S/C31H30ClFN4O2S/c1-2-3-14-27(40-31-34-25-13-5-4-12-24(25)29(38)35-31)30(39)37-23-17-26(28(37)19-8-6-9-20(32)15-19)36(18-23)22-11-7-10-21(33)16-22/h4-13,15-16,23,26-28H,2-3,14,17-18H2,1H3,(H,34,35,38). The molecule has 4 unspecified atom stereocenters. The monoisotopic (exact) mass is 576 g/mol. The Morgan fingerprint density at radius 1 is 1.15 bits per heavy atom. The summed E-state index contributed by atoms with van der Waals surface area (Å²) in [4.78, 5) is 39.0. The van der Waals surface area contributed by atoms with Gasteiger partial charge in [-0.3, -0.25) is 9.59 Å². The number of unbranched alkanes of at least 4 members (excludes halogenated alkanes) is 1. The average Bonchev–Trinajstić information content (AvgIpc) is 3.54. The van der Waals surface area contributed by atoms with Crippen molar-refractivity contribution >= 4 is 45.9 Å². The van der Waals surface area contributed by atoms with Crippen molar-refractivity contribution in [1.82, 2.24) is 14.9 Å². The molecule has 0 radical (unpaired) electrons. The van der Waals surface area contributed by atoms with Crippen molar-refractivity contribution in [2.45, 2.75) is 61.1 Å². The maximum absolute atomic E-state index is 14.4. The largest absolute Gasteiger partial charge is 0.364 e. The summed E-state index contributed by atoms with van der Waals surface area (Å²) in [7, 11) is 0. The summed E-state index contributed by atoms with van der Waals surface area (Å²) in [5, 5.41) is 1.18. The van der Waals surface area contributed by atoms with Crippen LogP contribution in [0, 0.1) is 5.82 Å². The molecule has 6 nitrogen and oxygen atoms in total. The zero-order valence-corrected chi connectivity index (χ0v) is 23.7. The van der Waals surface area contributed by atoms with Crippen LogP contribution in [0.3, 0.4) is 0 Å². The topological polar surface area (TPSA) is 69.3 Å². The van der Waals surface area contributed by atoms with E-state index in [1.165, 1.54) is 17.8 Å². The van der Waals surface area contributed by atoms with Gasteiger partial charge in [0.2, 0.25) is 5.91 Å². The van der Waals surface area contributed by atoms with Gasteiger partial charge in [-0.05, 0) is 60.9 Å². The number of benzene rings is 3. The minimum absolute atomic E-state index is 0.00959. The maximum Gasteiger partial charge on any atom is 0.259 e. The molecule has 2 aliphatic rings. The van der Waals surface area contributed by atoms with Crippen molar-refractivity contribution in [3.63, 3.8) is 0 Å². The predicted molar refractivity (Wildman–Crippen MR) is 159 cm³/mol. The Hall–Kier alpha value is -3.36. The van der Waals surface area contributed by atoms with E-state index in [4.69, 9.17) is 11.6 Å². The number of hydrogen-bond acceptors (Lipinski definition) is 5. The highest BCUT2D eigenvalue weighted by atomic mass is 35.5. The fourth-order valence-electron chi connectivity index (χ4n) is 6.14. The molecule has 6 rings (SSSR count). The van der Waals surface area contributed by atoms with Gasteiger partial charge in [0, 0.05) is 17.3 Å². The van der Waals surface area contributed by atoms with Crippen LogP contribution in [0.2, 0.25) is 5.02 Å². The molecule has 2 saturated heterocycles. The number of halogens is 2. The lowest BCUT2D eigenvalue weighted by molar-refractivity contribution is -0.134. The molecule has 1 N–H and O–H groups in total. The van der Waals surface area contributed by atoms with Crippen LogP contribution < -0.4 is 10.5 Å². The number of aromatic amines is 1. The lowest BCUT2D eigenvalue weighted by atomic mass is 9.98. The number of nitrogens with zero attached hydrogens (tertiary/aromatic N) is 3. The molecule has 2 aliphatic heterocycles. The highest BCUT2D eigenvalue weighted by Gasteiger charge is 2.53. The van der Waals surface area contributed by atoms with Crippen LogP contribution in [0.5, 0.6) is 0 Å². The maximum atomic E-state index is 14.4. The third-order valence-corrected chi connectivity index (χ3v) is 9.28. The number of carbonyl (C=O) groups is 1. The first kappa shape index (κ1) is 26.8. The minimum atomic E-state index is -0.409. The van der Waals surface area contributed by atoms with E-state index >= 15 is 0 Å². The Morgan fingerprint density at radius 2 is 1.98 bits per heavy atom. The molecule has 3 aromatic carbocycles. The number of nitrogens with one attached hydrogen (secondary N) is 1. The summed E-state index contributed by atoms with van der Waals surface area (Å²) in [6, 6.07) is 21.3. The van der Waals surface area contributed by atoms with Gasteiger partial charge in [-0.25, -0.2) is 9.37 Å². The molecule has 0 spiro atoms. The molecule has 1 aromatic heterocycles. The van der Waals surface area contributed by atoms with Gasteiger partial charge in [-0.1, -0.05) is 73.5 Å². The lowest BCUT2D eigenvalue weighted by Gasteiger charge is -2.43. The van der Waals surface area contributed by atoms with Crippen molar-refractivity contribution in [2.24, 2.45) is 0 Å². The van der Waals surface area contributed by atoms with Crippen molar-refractivity contribution < 1.29 is 9.18 Å². The molecule has 40 heavy (non-hydrogen) atoms. The SMILES string of the molecule is CCCCC(Sc1nc2ccccc2c(=O)[nH]1)C(=O)N1C2CC(C1c1cccc(Cl)c1)N(c1cccc(F)c1)C2. The Bertz CT molecular complexity index is 1610. The van der Waals surface area contributed by atoms with Crippen LogP contribution in [0.15, 0.2) is 82.7 Å². The second-order valence-corrected chi connectivity index (χ2v) is 12.1. The van der Waals surface area contributed by atoms with E-state index in [1.807, 2.05) is 53.4 Å².